The van der Waals surface area contributed by atoms with Crippen molar-refractivity contribution in [1.29, 1.82) is 0 Å². The topological polar surface area (TPSA) is 57.0 Å². The average molecular weight is 411 g/mol. The molecule has 1 aromatic carbocycles. The molecule has 2 heterocycles. The molecule has 0 fully saturated rings. The maximum absolute atomic E-state index is 4.91. The minimum Gasteiger partial charge on any atom is -0.321 e. The molecule has 2 atom stereocenters. The highest BCUT2D eigenvalue weighted by molar-refractivity contribution is 7.45. The van der Waals surface area contributed by atoms with E-state index in [1.165, 1.54) is 11.3 Å². The Bertz CT molecular complexity index is 921. The van der Waals surface area contributed by atoms with Crippen LogP contribution in [0.5, 0.6) is 0 Å². The highest BCUT2D eigenvalue weighted by Gasteiger charge is 2.30. The standard InChI is InChI=1S/C22H31N6P/c1-15-13-18-9-6-7-10-19(18)28(15)21-20(16(2)24-14-25-21)26-17(3)22(29)23-11-8-12-27(4)5/h6-7,9-10,14-15H,8,11-13,29H2,1-5H3. The summed E-state index contributed by atoms with van der Waals surface area (Å²) in [4.78, 5) is 23.1. The van der Waals surface area contributed by atoms with Crippen LogP contribution in [0.2, 0.25) is 0 Å². The fourth-order valence-electron chi connectivity index (χ4n) is 3.58. The summed E-state index contributed by atoms with van der Waals surface area (Å²) in [5.41, 5.74) is 5.99. The molecule has 3 rings (SSSR count). The summed E-state index contributed by atoms with van der Waals surface area (Å²) in [7, 11) is 6.88. The van der Waals surface area contributed by atoms with E-state index in [0.29, 0.717) is 6.04 Å². The second-order valence-electron chi connectivity index (χ2n) is 7.80. The van der Waals surface area contributed by atoms with Crippen LogP contribution in [0.4, 0.5) is 17.2 Å². The van der Waals surface area contributed by atoms with Crippen LogP contribution in [0.25, 0.3) is 0 Å². The van der Waals surface area contributed by atoms with Crippen LogP contribution in [0.15, 0.2) is 40.6 Å². The van der Waals surface area contributed by atoms with Crippen molar-refractivity contribution < 1.29 is 0 Å². The number of fused-ring (bicyclic) bond motifs is 1. The molecule has 7 heteroatoms. The van der Waals surface area contributed by atoms with E-state index in [2.05, 4.69) is 79.3 Å². The van der Waals surface area contributed by atoms with Crippen molar-refractivity contribution in [2.75, 3.05) is 32.1 Å². The number of aromatic nitrogens is 2. The molecule has 0 radical (unpaired) electrons. The zero-order valence-electron chi connectivity index (χ0n) is 18.1. The van der Waals surface area contributed by atoms with Gasteiger partial charge in [0.05, 0.1) is 16.9 Å². The van der Waals surface area contributed by atoms with Crippen molar-refractivity contribution in [1.82, 2.24) is 14.9 Å². The van der Waals surface area contributed by atoms with Crippen molar-refractivity contribution in [2.45, 2.75) is 39.7 Å². The molecule has 154 valence electrons. The lowest BCUT2D eigenvalue weighted by atomic mass is 10.1. The fraction of sp³-hybridized carbons (Fsp3) is 0.455. The van der Waals surface area contributed by atoms with Crippen LogP contribution in [0.1, 0.15) is 31.5 Å². The van der Waals surface area contributed by atoms with Gasteiger partial charge in [0.15, 0.2) is 5.82 Å². The maximum Gasteiger partial charge on any atom is 0.162 e. The molecule has 2 aromatic rings. The molecule has 0 amide bonds. The first-order valence-electron chi connectivity index (χ1n) is 10.1. The summed E-state index contributed by atoms with van der Waals surface area (Å²) in [5, 5.41) is 0. The Hall–Kier alpha value is -2.17. The van der Waals surface area contributed by atoms with Crippen LogP contribution < -0.4 is 4.90 Å². The van der Waals surface area contributed by atoms with Gasteiger partial charge in [-0.2, -0.15) is 0 Å². The Balaban J connectivity index is 1.91. The molecular weight excluding hydrogens is 379 g/mol. The van der Waals surface area contributed by atoms with E-state index in [4.69, 9.17) is 4.99 Å². The third-order valence-corrected chi connectivity index (χ3v) is 5.72. The monoisotopic (exact) mass is 410 g/mol. The van der Waals surface area contributed by atoms with Gasteiger partial charge in [-0.05, 0) is 65.9 Å². The Morgan fingerprint density at radius 2 is 2.03 bits per heavy atom. The molecule has 0 aliphatic carbocycles. The maximum atomic E-state index is 4.91. The lowest BCUT2D eigenvalue weighted by Gasteiger charge is -2.25. The highest BCUT2D eigenvalue weighted by Crippen LogP contribution is 2.41. The molecule has 1 aliphatic rings. The Kier molecular flexibility index (Phi) is 7.09. The van der Waals surface area contributed by atoms with E-state index in [0.717, 1.165) is 54.3 Å². The number of rotatable bonds is 7. The zero-order valence-corrected chi connectivity index (χ0v) is 19.2. The van der Waals surface area contributed by atoms with E-state index in [-0.39, 0.29) is 0 Å². The number of aliphatic imine (C=N–C) groups is 2. The van der Waals surface area contributed by atoms with Gasteiger partial charge in [0.1, 0.15) is 12.0 Å². The van der Waals surface area contributed by atoms with Gasteiger partial charge in [0.2, 0.25) is 0 Å². The molecule has 0 saturated heterocycles. The van der Waals surface area contributed by atoms with E-state index in [1.807, 2.05) is 13.8 Å². The van der Waals surface area contributed by atoms with Crippen molar-refractivity contribution in [3.8, 4) is 0 Å². The first-order chi connectivity index (χ1) is 13.9. The Labute approximate surface area is 176 Å². The first-order valence-corrected chi connectivity index (χ1v) is 10.6. The van der Waals surface area contributed by atoms with Gasteiger partial charge in [0, 0.05) is 18.3 Å². The SMILES string of the molecule is CC(=Nc1c(C)ncnc1N1c2ccccc2CC1C)C(P)=NCCCN(C)C. The third-order valence-electron chi connectivity index (χ3n) is 5.12. The molecule has 0 bridgehead atoms. The van der Waals surface area contributed by atoms with Crippen molar-refractivity contribution in [2.24, 2.45) is 9.98 Å². The molecule has 29 heavy (non-hydrogen) atoms. The summed E-state index contributed by atoms with van der Waals surface area (Å²) in [6.07, 6.45) is 3.66. The van der Waals surface area contributed by atoms with Crippen LogP contribution in [-0.4, -0.2) is 59.3 Å². The van der Waals surface area contributed by atoms with Crippen molar-refractivity contribution >= 4 is 37.6 Å². The van der Waals surface area contributed by atoms with E-state index >= 15 is 0 Å². The van der Waals surface area contributed by atoms with Crippen molar-refractivity contribution in [3.63, 3.8) is 0 Å². The molecule has 0 saturated carbocycles. The quantitative estimate of drug-likeness (QED) is 0.390. The number of benzene rings is 1. The normalized spacial score (nSPS) is 17.2. The predicted molar refractivity (Wildman–Crippen MR) is 126 cm³/mol. The first kappa shape index (κ1) is 21.5. The van der Waals surface area contributed by atoms with Crippen LogP contribution in [-0.2, 0) is 6.42 Å². The van der Waals surface area contributed by atoms with Crippen LogP contribution >= 0.6 is 9.24 Å². The number of hydrogen-bond acceptors (Lipinski definition) is 6. The average Bonchev–Trinajstić information content (AvgIpc) is 3.02. The fourth-order valence-corrected chi connectivity index (χ4v) is 3.77. The third kappa shape index (κ3) is 5.06. The van der Waals surface area contributed by atoms with Gasteiger partial charge in [-0.25, -0.2) is 15.0 Å². The lowest BCUT2D eigenvalue weighted by Crippen LogP contribution is -2.25. The molecule has 1 aromatic heterocycles. The van der Waals surface area contributed by atoms with Gasteiger partial charge < -0.3 is 9.80 Å². The van der Waals surface area contributed by atoms with E-state index in [9.17, 15) is 0 Å². The van der Waals surface area contributed by atoms with Gasteiger partial charge in [0.25, 0.3) is 0 Å². The number of anilines is 2. The molecule has 0 N–H and O–H groups in total. The number of para-hydroxylation sites is 1. The molecule has 2 unspecified atom stereocenters. The van der Waals surface area contributed by atoms with Gasteiger partial charge >= 0.3 is 0 Å². The lowest BCUT2D eigenvalue weighted by molar-refractivity contribution is 0.403. The van der Waals surface area contributed by atoms with Gasteiger partial charge in [-0.15, -0.1) is 0 Å². The van der Waals surface area contributed by atoms with E-state index < -0.39 is 0 Å². The van der Waals surface area contributed by atoms with Gasteiger partial charge in [-0.1, -0.05) is 27.4 Å². The van der Waals surface area contributed by atoms with Crippen molar-refractivity contribution in [3.05, 3.63) is 41.9 Å². The molecular formula is C22H31N6P. The smallest absolute Gasteiger partial charge is 0.162 e. The minimum absolute atomic E-state index is 0.325. The van der Waals surface area contributed by atoms with Crippen LogP contribution in [0, 0.1) is 6.92 Å². The summed E-state index contributed by atoms with van der Waals surface area (Å²) in [6, 6.07) is 8.84. The van der Waals surface area contributed by atoms with Gasteiger partial charge in [-0.3, -0.25) is 4.99 Å². The largest absolute Gasteiger partial charge is 0.321 e. The second kappa shape index (κ2) is 9.55. The second-order valence-corrected chi connectivity index (χ2v) is 8.35. The summed E-state index contributed by atoms with van der Waals surface area (Å²) in [5.74, 6) is 0.861. The molecule has 1 aliphatic heterocycles. The van der Waals surface area contributed by atoms with E-state index in [1.54, 1.807) is 6.33 Å². The number of hydrogen-bond donors (Lipinski definition) is 0. The summed E-state index contributed by atoms with van der Waals surface area (Å²) in [6.45, 7) is 8.03. The van der Waals surface area contributed by atoms with Crippen LogP contribution in [0.3, 0.4) is 0 Å². The zero-order chi connectivity index (χ0) is 21.0. The minimum atomic E-state index is 0.325. The number of aryl methyl sites for hydroxylation is 1. The highest BCUT2D eigenvalue weighted by atomic mass is 31.0. The summed E-state index contributed by atoms with van der Waals surface area (Å²) >= 11 is 0. The number of nitrogens with zero attached hydrogens (tertiary/aromatic N) is 6. The Morgan fingerprint density at radius 1 is 1.28 bits per heavy atom. The Morgan fingerprint density at radius 3 is 2.79 bits per heavy atom. The molecule has 6 nitrogen and oxygen atoms in total. The summed E-state index contributed by atoms with van der Waals surface area (Å²) < 4.78 is 0. The predicted octanol–water partition coefficient (Wildman–Crippen LogP) is 4.19. The molecule has 0 spiro atoms.